The van der Waals surface area contributed by atoms with Gasteiger partial charge < -0.3 is 5.32 Å². The van der Waals surface area contributed by atoms with E-state index in [2.05, 4.69) is 34.2 Å². The number of aryl methyl sites for hydroxylation is 2. The highest BCUT2D eigenvalue weighted by Gasteiger charge is 2.17. The Kier molecular flexibility index (Phi) is 5.02. The zero-order chi connectivity index (χ0) is 13.8. The van der Waals surface area contributed by atoms with Crippen LogP contribution in [-0.4, -0.2) is 22.4 Å². The molecule has 0 spiro atoms. The highest BCUT2D eigenvalue weighted by molar-refractivity contribution is 7.07. The fourth-order valence-corrected chi connectivity index (χ4v) is 3.25. The van der Waals surface area contributed by atoms with Crippen LogP contribution in [0.2, 0.25) is 5.02 Å². The van der Waals surface area contributed by atoms with E-state index in [4.69, 9.17) is 11.6 Å². The second kappa shape index (κ2) is 6.55. The van der Waals surface area contributed by atoms with Gasteiger partial charge in [-0.1, -0.05) is 18.5 Å². The van der Waals surface area contributed by atoms with Crippen LogP contribution in [0.3, 0.4) is 0 Å². The minimum atomic E-state index is 0.395. The Balaban J connectivity index is 2.11. The van der Waals surface area contributed by atoms with Crippen molar-refractivity contribution >= 4 is 22.9 Å². The number of aromatic nitrogens is 2. The van der Waals surface area contributed by atoms with Crippen LogP contribution in [0.15, 0.2) is 16.8 Å². The van der Waals surface area contributed by atoms with Crippen molar-refractivity contribution in [2.24, 2.45) is 7.05 Å². The summed E-state index contributed by atoms with van der Waals surface area (Å²) in [5, 5.41) is 13.1. The Morgan fingerprint density at radius 2 is 2.26 bits per heavy atom. The van der Waals surface area contributed by atoms with E-state index >= 15 is 0 Å². The van der Waals surface area contributed by atoms with Crippen molar-refractivity contribution in [3.63, 3.8) is 0 Å². The minimum absolute atomic E-state index is 0.395. The zero-order valence-electron chi connectivity index (χ0n) is 11.6. The van der Waals surface area contributed by atoms with Crippen LogP contribution in [-0.2, 0) is 19.9 Å². The van der Waals surface area contributed by atoms with Crippen LogP contribution in [0, 0.1) is 6.92 Å². The molecule has 0 saturated carbocycles. The van der Waals surface area contributed by atoms with Gasteiger partial charge in [-0.05, 0) is 42.3 Å². The highest BCUT2D eigenvalue weighted by Crippen LogP contribution is 2.22. The second-order valence-corrected chi connectivity index (χ2v) is 5.92. The van der Waals surface area contributed by atoms with E-state index in [0.29, 0.717) is 6.04 Å². The van der Waals surface area contributed by atoms with Gasteiger partial charge in [-0.3, -0.25) is 4.68 Å². The maximum atomic E-state index is 6.33. The van der Waals surface area contributed by atoms with Gasteiger partial charge in [0.2, 0.25) is 0 Å². The third kappa shape index (κ3) is 3.59. The predicted octanol–water partition coefficient (Wildman–Crippen LogP) is 3.21. The summed E-state index contributed by atoms with van der Waals surface area (Å²) in [6.07, 6.45) is 1.93. The lowest BCUT2D eigenvalue weighted by molar-refractivity contribution is 0.505. The molecular formula is C14H20ClN3S. The normalized spacial score (nSPS) is 12.8. The van der Waals surface area contributed by atoms with Gasteiger partial charge in [0.15, 0.2) is 0 Å². The van der Waals surface area contributed by atoms with Gasteiger partial charge in [0.05, 0.1) is 16.4 Å². The van der Waals surface area contributed by atoms with Crippen LogP contribution in [0.4, 0.5) is 0 Å². The Labute approximate surface area is 123 Å². The van der Waals surface area contributed by atoms with Gasteiger partial charge >= 0.3 is 0 Å². The zero-order valence-corrected chi connectivity index (χ0v) is 13.2. The molecule has 1 unspecified atom stereocenters. The second-order valence-electron chi connectivity index (χ2n) is 4.76. The standard InChI is InChI=1S/C14H20ClN3S/c1-4-16-12(7-11-5-6-19-9-11)8-13-14(15)10(2)17-18(13)3/h5-6,9,12,16H,4,7-8H2,1-3H3. The first-order chi connectivity index (χ1) is 9.11. The van der Waals surface area contributed by atoms with Crippen LogP contribution >= 0.6 is 22.9 Å². The van der Waals surface area contributed by atoms with Crippen LogP contribution in [0.5, 0.6) is 0 Å². The first kappa shape index (κ1) is 14.6. The van der Waals surface area contributed by atoms with Gasteiger partial charge in [0.25, 0.3) is 0 Å². The number of nitrogens with zero attached hydrogens (tertiary/aromatic N) is 2. The van der Waals surface area contributed by atoms with Crippen LogP contribution in [0.1, 0.15) is 23.9 Å². The van der Waals surface area contributed by atoms with Crippen molar-refractivity contribution in [2.75, 3.05) is 6.54 Å². The summed E-state index contributed by atoms with van der Waals surface area (Å²) in [5.41, 5.74) is 3.40. The molecule has 2 heterocycles. The summed E-state index contributed by atoms with van der Waals surface area (Å²) in [5.74, 6) is 0. The summed E-state index contributed by atoms with van der Waals surface area (Å²) in [4.78, 5) is 0. The molecule has 0 fully saturated rings. The topological polar surface area (TPSA) is 29.9 Å². The van der Waals surface area contributed by atoms with E-state index in [0.717, 1.165) is 35.8 Å². The van der Waals surface area contributed by atoms with Crippen molar-refractivity contribution in [2.45, 2.75) is 32.7 Å². The molecule has 0 aromatic carbocycles. The number of thiophene rings is 1. The van der Waals surface area contributed by atoms with Crippen molar-refractivity contribution in [3.8, 4) is 0 Å². The van der Waals surface area contributed by atoms with Crippen molar-refractivity contribution in [3.05, 3.63) is 38.8 Å². The quantitative estimate of drug-likeness (QED) is 0.887. The summed E-state index contributed by atoms with van der Waals surface area (Å²) < 4.78 is 1.90. The lowest BCUT2D eigenvalue weighted by Crippen LogP contribution is -2.33. The summed E-state index contributed by atoms with van der Waals surface area (Å²) >= 11 is 8.08. The Bertz CT molecular complexity index is 519. The molecule has 3 nitrogen and oxygen atoms in total. The molecule has 2 aromatic rings. The van der Waals surface area contributed by atoms with E-state index < -0.39 is 0 Å². The molecule has 1 N–H and O–H groups in total. The average molecular weight is 298 g/mol. The molecule has 0 radical (unpaired) electrons. The fraction of sp³-hybridized carbons (Fsp3) is 0.500. The number of likely N-dealkylation sites (N-methyl/N-ethyl adjacent to an activating group) is 1. The van der Waals surface area contributed by atoms with Gasteiger partial charge in [0.1, 0.15) is 0 Å². The molecule has 0 saturated heterocycles. The maximum absolute atomic E-state index is 6.33. The first-order valence-electron chi connectivity index (χ1n) is 6.54. The maximum Gasteiger partial charge on any atom is 0.0847 e. The summed E-state index contributed by atoms with van der Waals surface area (Å²) in [6.45, 7) is 5.05. The van der Waals surface area contributed by atoms with Gasteiger partial charge in [-0.15, -0.1) is 0 Å². The van der Waals surface area contributed by atoms with Crippen LogP contribution in [0.25, 0.3) is 0 Å². The lowest BCUT2D eigenvalue weighted by atomic mass is 10.0. The Hall–Kier alpha value is -0.840. The number of hydrogen-bond acceptors (Lipinski definition) is 3. The molecule has 0 aliphatic rings. The lowest BCUT2D eigenvalue weighted by Gasteiger charge is -2.17. The van der Waals surface area contributed by atoms with E-state index in [1.807, 2.05) is 18.7 Å². The number of rotatable bonds is 6. The van der Waals surface area contributed by atoms with Crippen LogP contribution < -0.4 is 5.32 Å². The predicted molar refractivity (Wildman–Crippen MR) is 82.1 cm³/mol. The Morgan fingerprint density at radius 1 is 1.47 bits per heavy atom. The largest absolute Gasteiger partial charge is 0.314 e. The monoisotopic (exact) mass is 297 g/mol. The van der Waals surface area contributed by atoms with E-state index in [9.17, 15) is 0 Å². The van der Waals surface area contributed by atoms with Gasteiger partial charge in [0, 0.05) is 19.5 Å². The SMILES string of the molecule is CCNC(Cc1ccsc1)Cc1c(Cl)c(C)nn1C. The summed E-state index contributed by atoms with van der Waals surface area (Å²) in [7, 11) is 1.96. The number of nitrogens with one attached hydrogen (secondary N) is 1. The smallest absolute Gasteiger partial charge is 0.0847 e. The molecule has 2 rings (SSSR count). The van der Waals surface area contributed by atoms with E-state index in [-0.39, 0.29) is 0 Å². The molecule has 0 aliphatic carbocycles. The number of halogens is 1. The fourth-order valence-electron chi connectivity index (χ4n) is 2.33. The van der Waals surface area contributed by atoms with Crippen molar-refractivity contribution in [1.29, 1.82) is 0 Å². The van der Waals surface area contributed by atoms with E-state index in [1.165, 1.54) is 5.56 Å². The van der Waals surface area contributed by atoms with Crippen molar-refractivity contribution in [1.82, 2.24) is 15.1 Å². The number of hydrogen-bond donors (Lipinski definition) is 1. The molecule has 5 heteroatoms. The molecule has 1 atom stereocenters. The average Bonchev–Trinajstić information content (AvgIpc) is 2.94. The molecule has 0 bridgehead atoms. The molecule has 104 valence electrons. The first-order valence-corrected chi connectivity index (χ1v) is 7.86. The van der Waals surface area contributed by atoms with Crippen molar-refractivity contribution < 1.29 is 0 Å². The third-order valence-electron chi connectivity index (χ3n) is 3.26. The molecule has 0 amide bonds. The minimum Gasteiger partial charge on any atom is -0.314 e. The Morgan fingerprint density at radius 3 is 2.79 bits per heavy atom. The molecular weight excluding hydrogens is 278 g/mol. The van der Waals surface area contributed by atoms with Gasteiger partial charge in [-0.2, -0.15) is 16.4 Å². The molecule has 0 aliphatic heterocycles. The summed E-state index contributed by atoms with van der Waals surface area (Å²) in [6, 6.07) is 2.58. The molecule has 19 heavy (non-hydrogen) atoms. The van der Waals surface area contributed by atoms with E-state index in [1.54, 1.807) is 11.3 Å². The highest BCUT2D eigenvalue weighted by atomic mass is 35.5. The third-order valence-corrected chi connectivity index (χ3v) is 4.48. The van der Waals surface area contributed by atoms with Gasteiger partial charge in [-0.25, -0.2) is 0 Å². The molecule has 2 aromatic heterocycles.